The van der Waals surface area contributed by atoms with Gasteiger partial charge in [-0.3, -0.25) is 0 Å². The second kappa shape index (κ2) is 5.72. The molecule has 4 rings (SSSR count). The third-order valence-electron chi connectivity index (χ3n) is 5.75. The van der Waals surface area contributed by atoms with Crippen LogP contribution in [0.1, 0.15) is 24.0 Å². The van der Waals surface area contributed by atoms with Gasteiger partial charge in [-0.2, -0.15) is 0 Å². The highest BCUT2D eigenvalue weighted by atomic mass is 35.5. The number of alkyl halides is 1. The first-order chi connectivity index (χ1) is 10.8. The maximum atomic E-state index is 6.68. The first-order valence-electron chi connectivity index (χ1n) is 8.28. The molecule has 1 saturated carbocycles. The summed E-state index contributed by atoms with van der Waals surface area (Å²) in [7, 11) is 0. The van der Waals surface area contributed by atoms with Gasteiger partial charge in [-0.15, -0.1) is 11.6 Å². The van der Waals surface area contributed by atoms with E-state index in [0.29, 0.717) is 17.2 Å². The Balaban J connectivity index is 1.90. The maximum absolute atomic E-state index is 6.68. The number of rotatable bonds is 2. The molecule has 0 bridgehead atoms. The molecule has 2 aliphatic rings. The highest BCUT2D eigenvalue weighted by molar-refractivity contribution is 6.20. The van der Waals surface area contributed by atoms with Gasteiger partial charge in [0.2, 0.25) is 0 Å². The van der Waals surface area contributed by atoms with Crippen LogP contribution < -0.4 is 5.32 Å². The van der Waals surface area contributed by atoms with Crippen LogP contribution in [0.5, 0.6) is 0 Å². The van der Waals surface area contributed by atoms with Gasteiger partial charge in [0.25, 0.3) is 0 Å². The van der Waals surface area contributed by atoms with Crippen LogP contribution >= 0.6 is 11.6 Å². The molecule has 0 aromatic heterocycles. The molecule has 2 heteroatoms. The van der Waals surface area contributed by atoms with E-state index in [1.807, 2.05) is 0 Å². The van der Waals surface area contributed by atoms with Crippen molar-refractivity contribution in [1.29, 1.82) is 0 Å². The van der Waals surface area contributed by atoms with Crippen LogP contribution in [0.4, 0.5) is 0 Å². The zero-order valence-electron chi connectivity index (χ0n) is 12.7. The molecule has 0 radical (unpaired) electrons. The standard InChI is InChI=1S/C20H22ClN/c21-19-11-12-20(15-7-3-1-4-8-15,16-9-5-2-6-10-16)18-14-22-13-17(18)19/h1-10,17-19,22H,11-14H2/t17-,18?,19+/m0/s1. The second-order valence-corrected chi connectivity index (χ2v) is 7.25. The molecular weight excluding hydrogens is 290 g/mol. The molecule has 1 unspecified atom stereocenters. The summed E-state index contributed by atoms with van der Waals surface area (Å²) in [6.07, 6.45) is 2.23. The van der Waals surface area contributed by atoms with Crippen LogP contribution in [-0.2, 0) is 5.41 Å². The van der Waals surface area contributed by atoms with E-state index in [4.69, 9.17) is 11.6 Å². The van der Waals surface area contributed by atoms with Gasteiger partial charge >= 0.3 is 0 Å². The lowest BCUT2D eigenvalue weighted by Crippen LogP contribution is -2.47. The van der Waals surface area contributed by atoms with E-state index in [2.05, 4.69) is 66.0 Å². The SMILES string of the molecule is Cl[C@@H]1CCC(c2ccccc2)(c2ccccc2)C2CNC[C@@H]21. The van der Waals surface area contributed by atoms with Crippen molar-refractivity contribution in [1.82, 2.24) is 5.32 Å². The van der Waals surface area contributed by atoms with Gasteiger partial charge in [-0.05, 0) is 48.9 Å². The van der Waals surface area contributed by atoms with Crippen molar-refractivity contribution in [3.8, 4) is 0 Å². The van der Waals surface area contributed by atoms with Gasteiger partial charge in [-0.25, -0.2) is 0 Å². The van der Waals surface area contributed by atoms with Crippen molar-refractivity contribution >= 4 is 11.6 Å². The fourth-order valence-corrected chi connectivity index (χ4v) is 5.11. The zero-order valence-corrected chi connectivity index (χ0v) is 13.5. The number of fused-ring (bicyclic) bond motifs is 1. The van der Waals surface area contributed by atoms with Crippen LogP contribution in [0.2, 0.25) is 0 Å². The number of halogens is 1. The second-order valence-electron chi connectivity index (χ2n) is 6.69. The van der Waals surface area contributed by atoms with E-state index >= 15 is 0 Å². The normalized spacial score (nSPS) is 30.0. The lowest BCUT2D eigenvalue weighted by molar-refractivity contribution is 0.193. The van der Waals surface area contributed by atoms with Gasteiger partial charge < -0.3 is 5.32 Å². The fraction of sp³-hybridized carbons (Fsp3) is 0.400. The van der Waals surface area contributed by atoms with Crippen LogP contribution in [-0.4, -0.2) is 18.5 Å². The lowest BCUT2D eigenvalue weighted by atomic mass is 9.56. The molecule has 2 aromatic rings. The van der Waals surface area contributed by atoms with Crippen LogP contribution in [0.3, 0.4) is 0 Å². The summed E-state index contributed by atoms with van der Waals surface area (Å²) in [4.78, 5) is 0. The summed E-state index contributed by atoms with van der Waals surface area (Å²) >= 11 is 6.68. The van der Waals surface area contributed by atoms with Gasteiger partial charge in [-0.1, -0.05) is 60.7 Å². The van der Waals surface area contributed by atoms with E-state index in [-0.39, 0.29) is 5.41 Å². The fourth-order valence-electron chi connectivity index (χ4n) is 4.74. The number of nitrogens with one attached hydrogen (secondary N) is 1. The Hall–Kier alpha value is -1.31. The van der Waals surface area contributed by atoms with E-state index in [1.165, 1.54) is 11.1 Å². The van der Waals surface area contributed by atoms with Crippen molar-refractivity contribution in [2.45, 2.75) is 23.6 Å². The number of hydrogen-bond donors (Lipinski definition) is 1. The molecule has 0 spiro atoms. The topological polar surface area (TPSA) is 12.0 Å². The Morgan fingerprint density at radius 3 is 2.05 bits per heavy atom. The van der Waals surface area contributed by atoms with Crippen molar-refractivity contribution in [3.05, 3.63) is 71.8 Å². The van der Waals surface area contributed by atoms with Crippen molar-refractivity contribution in [2.24, 2.45) is 11.8 Å². The molecule has 114 valence electrons. The molecule has 1 N–H and O–H groups in total. The Kier molecular flexibility index (Phi) is 3.71. The highest BCUT2D eigenvalue weighted by Crippen LogP contribution is 2.53. The molecule has 1 aliphatic heterocycles. The molecule has 1 saturated heterocycles. The predicted molar refractivity (Wildman–Crippen MR) is 92.4 cm³/mol. The summed E-state index contributed by atoms with van der Waals surface area (Å²) < 4.78 is 0. The van der Waals surface area contributed by atoms with Gasteiger partial charge in [0.05, 0.1) is 0 Å². The average molecular weight is 312 g/mol. The van der Waals surface area contributed by atoms with E-state index in [0.717, 1.165) is 25.9 Å². The van der Waals surface area contributed by atoms with E-state index in [1.54, 1.807) is 0 Å². The van der Waals surface area contributed by atoms with Crippen LogP contribution in [0.15, 0.2) is 60.7 Å². The zero-order chi connectivity index (χ0) is 15.0. The van der Waals surface area contributed by atoms with Crippen LogP contribution in [0.25, 0.3) is 0 Å². The molecule has 2 fully saturated rings. The highest BCUT2D eigenvalue weighted by Gasteiger charge is 2.52. The first kappa shape index (κ1) is 14.3. The number of benzene rings is 2. The minimum Gasteiger partial charge on any atom is -0.316 e. The Bertz CT molecular complexity index is 585. The van der Waals surface area contributed by atoms with Gasteiger partial charge in [0.15, 0.2) is 0 Å². The van der Waals surface area contributed by atoms with E-state index in [9.17, 15) is 0 Å². The first-order valence-corrected chi connectivity index (χ1v) is 8.72. The summed E-state index contributed by atoms with van der Waals surface area (Å²) in [6.45, 7) is 2.12. The van der Waals surface area contributed by atoms with Crippen molar-refractivity contribution in [2.75, 3.05) is 13.1 Å². The summed E-state index contributed by atoms with van der Waals surface area (Å²) in [5.74, 6) is 1.14. The third-order valence-corrected chi connectivity index (χ3v) is 6.29. The molecule has 1 aliphatic carbocycles. The minimum atomic E-state index is 0.0993. The van der Waals surface area contributed by atoms with Crippen LogP contribution in [0, 0.1) is 11.8 Å². The Morgan fingerprint density at radius 2 is 1.45 bits per heavy atom. The summed E-state index contributed by atoms with van der Waals surface area (Å²) in [5.41, 5.74) is 2.99. The largest absolute Gasteiger partial charge is 0.316 e. The van der Waals surface area contributed by atoms with Gasteiger partial charge in [0.1, 0.15) is 0 Å². The third kappa shape index (κ3) is 2.11. The quantitative estimate of drug-likeness (QED) is 0.819. The summed E-state index contributed by atoms with van der Waals surface area (Å²) in [6, 6.07) is 22.1. The molecule has 1 nitrogen and oxygen atoms in total. The molecule has 0 amide bonds. The monoisotopic (exact) mass is 311 g/mol. The van der Waals surface area contributed by atoms with Crippen molar-refractivity contribution < 1.29 is 0 Å². The Morgan fingerprint density at radius 1 is 0.864 bits per heavy atom. The van der Waals surface area contributed by atoms with E-state index < -0.39 is 0 Å². The number of hydrogen-bond acceptors (Lipinski definition) is 1. The smallest absolute Gasteiger partial charge is 0.0380 e. The molecule has 22 heavy (non-hydrogen) atoms. The molecular formula is C20H22ClN. The minimum absolute atomic E-state index is 0.0993. The molecule has 2 aromatic carbocycles. The lowest BCUT2D eigenvalue weighted by Gasteiger charge is -2.48. The van der Waals surface area contributed by atoms with Crippen molar-refractivity contribution in [3.63, 3.8) is 0 Å². The van der Waals surface area contributed by atoms with Gasteiger partial charge in [0, 0.05) is 10.8 Å². The molecule has 1 heterocycles. The maximum Gasteiger partial charge on any atom is 0.0380 e. The Labute approximate surface area is 137 Å². The summed E-state index contributed by atoms with van der Waals surface area (Å²) in [5, 5.41) is 3.91. The predicted octanol–water partition coefficient (Wildman–Crippen LogP) is 4.21. The average Bonchev–Trinajstić information content (AvgIpc) is 3.08. The molecule has 3 atom stereocenters.